The summed E-state index contributed by atoms with van der Waals surface area (Å²) in [4.78, 5) is 12.5. The average Bonchev–Trinajstić information content (AvgIpc) is 2.55. The lowest BCUT2D eigenvalue weighted by atomic mass is 9.91. The Hall–Kier alpha value is -1.93. The fourth-order valence-corrected chi connectivity index (χ4v) is 2.71. The van der Waals surface area contributed by atoms with Crippen LogP contribution in [-0.4, -0.2) is 12.3 Å². The number of hydrogen-bond donors (Lipinski definition) is 1. The smallest absolute Gasteiger partial charge is 0.193 e. The van der Waals surface area contributed by atoms with Crippen LogP contribution in [0.5, 0.6) is 0 Å². The highest BCUT2D eigenvalue weighted by molar-refractivity contribution is 6.11. The van der Waals surface area contributed by atoms with E-state index >= 15 is 0 Å². The molecule has 1 aliphatic carbocycles. The number of hydrogen-bond acceptors (Lipinski definition) is 2. The Morgan fingerprint density at radius 1 is 1.00 bits per heavy atom. The van der Waals surface area contributed by atoms with E-state index in [1.54, 1.807) is 0 Å². The Balaban J connectivity index is 2.24. The van der Waals surface area contributed by atoms with E-state index in [0.717, 1.165) is 28.7 Å². The van der Waals surface area contributed by atoms with Crippen LogP contribution >= 0.6 is 0 Å². The number of ketones is 1. The van der Waals surface area contributed by atoms with Crippen molar-refractivity contribution in [1.29, 1.82) is 0 Å². The highest BCUT2D eigenvalue weighted by Gasteiger charge is 2.25. The topological polar surface area (TPSA) is 43.1 Å². The Morgan fingerprint density at radius 2 is 1.67 bits per heavy atom. The van der Waals surface area contributed by atoms with Crippen LogP contribution in [0.2, 0.25) is 0 Å². The molecule has 2 nitrogen and oxygen atoms in total. The number of carbonyl (C=O) groups excluding carboxylic acids is 1. The van der Waals surface area contributed by atoms with Gasteiger partial charge in [-0.2, -0.15) is 0 Å². The largest absolute Gasteiger partial charge is 0.330 e. The van der Waals surface area contributed by atoms with Gasteiger partial charge in [0.2, 0.25) is 0 Å². The molecule has 2 N–H and O–H groups in total. The predicted octanol–water partition coefficient (Wildman–Crippen LogP) is 2.52. The number of benzene rings is 2. The molecule has 3 rings (SSSR count). The molecule has 2 aromatic carbocycles. The zero-order chi connectivity index (χ0) is 12.5. The molecule has 1 unspecified atom stereocenters. The van der Waals surface area contributed by atoms with Crippen LogP contribution in [0, 0.1) is 0 Å². The molecule has 0 fully saturated rings. The van der Waals surface area contributed by atoms with E-state index < -0.39 is 0 Å². The van der Waals surface area contributed by atoms with Crippen LogP contribution < -0.4 is 5.73 Å². The van der Waals surface area contributed by atoms with Crippen molar-refractivity contribution in [3.63, 3.8) is 0 Å². The first kappa shape index (κ1) is 11.2. The van der Waals surface area contributed by atoms with E-state index in [2.05, 4.69) is 0 Å². The van der Waals surface area contributed by atoms with Gasteiger partial charge in [0.25, 0.3) is 0 Å². The molecule has 1 aliphatic rings. The molecule has 0 amide bonds. The summed E-state index contributed by atoms with van der Waals surface area (Å²) in [7, 11) is 0. The monoisotopic (exact) mass is 237 g/mol. The van der Waals surface area contributed by atoms with Gasteiger partial charge in [-0.25, -0.2) is 0 Å². The van der Waals surface area contributed by atoms with Gasteiger partial charge in [0.05, 0.1) is 0 Å². The minimum Gasteiger partial charge on any atom is -0.330 e. The predicted molar refractivity (Wildman–Crippen MR) is 71.8 cm³/mol. The third-order valence-electron chi connectivity index (χ3n) is 3.66. The summed E-state index contributed by atoms with van der Waals surface area (Å²) in [6, 6.07) is 15.7. The van der Waals surface area contributed by atoms with E-state index in [0.29, 0.717) is 6.54 Å². The molecule has 2 aromatic rings. The normalized spacial score (nSPS) is 17.8. The molecule has 0 bridgehead atoms. The molecule has 0 heterocycles. The van der Waals surface area contributed by atoms with Crippen molar-refractivity contribution >= 4 is 5.78 Å². The molecule has 1 atom stereocenters. The highest BCUT2D eigenvalue weighted by Crippen LogP contribution is 2.31. The molecule has 0 aliphatic heterocycles. The third kappa shape index (κ3) is 1.66. The van der Waals surface area contributed by atoms with Gasteiger partial charge in [-0.1, -0.05) is 48.5 Å². The number of fused-ring (bicyclic) bond motifs is 2. The summed E-state index contributed by atoms with van der Waals surface area (Å²) in [6.45, 7) is 0.568. The van der Waals surface area contributed by atoms with Crippen molar-refractivity contribution in [3.05, 3.63) is 70.8 Å². The van der Waals surface area contributed by atoms with Gasteiger partial charge in [-0.05, 0) is 24.1 Å². The van der Waals surface area contributed by atoms with Crippen LogP contribution in [0.3, 0.4) is 0 Å². The van der Waals surface area contributed by atoms with Gasteiger partial charge in [-0.15, -0.1) is 0 Å². The van der Waals surface area contributed by atoms with Crippen molar-refractivity contribution in [2.75, 3.05) is 6.54 Å². The van der Waals surface area contributed by atoms with Gasteiger partial charge in [0, 0.05) is 17.0 Å². The van der Waals surface area contributed by atoms with Crippen LogP contribution in [0.15, 0.2) is 48.5 Å². The van der Waals surface area contributed by atoms with Gasteiger partial charge in [0.1, 0.15) is 0 Å². The number of nitrogens with two attached hydrogens (primary N) is 1. The van der Waals surface area contributed by atoms with Crippen LogP contribution in [0.25, 0.3) is 0 Å². The minimum atomic E-state index is 0.122. The lowest BCUT2D eigenvalue weighted by Gasteiger charge is -2.14. The van der Waals surface area contributed by atoms with E-state index in [9.17, 15) is 4.79 Å². The first-order valence-electron chi connectivity index (χ1n) is 6.23. The molecule has 0 radical (unpaired) electrons. The summed E-state index contributed by atoms with van der Waals surface area (Å²) in [6.07, 6.45) is 0.843. The van der Waals surface area contributed by atoms with E-state index in [1.165, 1.54) is 0 Å². The van der Waals surface area contributed by atoms with Crippen LogP contribution in [-0.2, 0) is 6.42 Å². The SMILES string of the molecule is NCC1Cc2ccccc2C(=O)c2ccccc21. The van der Waals surface area contributed by atoms with Gasteiger partial charge in [0.15, 0.2) is 5.78 Å². The molecule has 90 valence electrons. The Bertz CT molecular complexity index is 604. The maximum Gasteiger partial charge on any atom is 0.193 e. The highest BCUT2D eigenvalue weighted by atomic mass is 16.1. The molecule has 2 heteroatoms. The average molecular weight is 237 g/mol. The Labute approximate surface area is 106 Å². The maximum atomic E-state index is 12.5. The van der Waals surface area contributed by atoms with Crippen LogP contribution in [0.1, 0.15) is 33.0 Å². The summed E-state index contributed by atoms with van der Waals surface area (Å²) in [5.74, 6) is 0.353. The van der Waals surface area contributed by atoms with Crippen LogP contribution in [0.4, 0.5) is 0 Å². The van der Waals surface area contributed by atoms with Crippen molar-refractivity contribution in [2.24, 2.45) is 5.73 Å². The summed E-state index contributed by atoms with van der Waals surface area (Å²) >= 11 is 0. The standard InChI is InChI=1S/C16H15NO/c17-10-12-9-11-5-1-2-7-14(11)16(18)15-8-4-3-6-13(12)15/h1-8,12H,9-10,17H2. The molecule has 0 saturated carbocycles. The third-order valence-corrected chi connectivity index (χ3v) is 3.66. The molecule has 0 saturated heterocycles. The number of rotatable bonds is 1. The van der Waals surface area contributed by atoms with E-state index in [1.807, 2.05) is 48.5 Å². The van der Waals surface area contributed by atoms with Crippen molar-refractivity contribution < 1.29 is 4.79 Å². The van der Waals surface area contributed by atoms with Crippen molar-refractivity contribution in [1.82, 2.24) is 0 Å². The van der Waals surface area contributed by atoms with Gasteiger partial charge >= 0.3 is 0 Å². The molecular formula is C16H15NO. The second-order valence-corrected chi connectivity index (χ2v) is 4.71. The van der Waals surface area contributed by atoms with Gasteiger partial charge in [-0.3, -0.25) is 4.79 Å². The second kappa shape index (κ2) is 4.39. The maximum absolute atomic E-state index is 12.5. The second-order valence-electron chi connectivity index (χ2n) is 4.71. The Kier molecular flexibility index (Phi) is 2.73. The lowest BCUT2D eigenvalue weighted by molar-refractivity contribution is 0.103. The molecular weight excluding hydrogens is 222 g/mol. The summed E-state index contributed by atoms with van der Waals surface area (Å²) in [5.41, 5.74) is 9.69. The molecule has 18 heavy (non-hydrogen) atoms. The zero-order valence-electron chi connectivity index (χ0n) is 10.1. The summed E-state index contributed by atoms with van der Waals surface area (Å²) < 4.78 is 0. The van der Waals surface area contributed by atoms with E-state index in [-0.39, 0.29) is 11.7 Å². The van der Waals surface area contributed by atoms with E-state index in [4.69, 9.17) is 5.73 Å². The number of carbonyl (C=O) groups is 1. The fraction of sp³-hybridized carbons (Fsp3) is 0.188. The first-order valence-corrected chi connectivity index (χ1v) is 6.23. The van der Waals surface area contributed by atoms with Crippen molar-refractivity contribution in [3.8, 4) is 0 Å². The molecule has 0 spiro atoms. The molecule has 0 aromatic heterocycles. The minimum absolute atomic E-state index is 0.122. The zero-order valence-corrected chi connectivity index (χ0v) is 10.1. The Morgan fingerprint density at radius 3 is 2.44 bits per heavy atom. The van der Waals surface area contributed by atoms with Crippen molar-refractivity contribution in [2.45, 2.75) is 12.3 Å². The summed E-state index contributed by atoms with van der Waals surface area (Å²) in [5, 5.41) is 0. The van der Waals surface area contributed by atoms with Gasteiger partial charge < -0.3 is 5.73 Å². The first-order chi connectivity index (χ1) is 8.81. The quantitative estimate of drug-likeness (QED) is 0.828. The fourth-order valence-electron chi connectivity index (χ4n) is 2.71. The lowest BCUT2D eigenvalue weighted by Crippen LogP contribution is -2.15.